The van der Waals surface area contributed by atoms with E-state index < -0.39 is 22.0 Å². The second-order valence-electron chi connectivity index (χ2n) is 3.73. The molecule has 5 N–H and O–H groups in total. The zero-order valence-electron chi connectivity index (χ0n) is 9.55. The van der Waals surface area contributed by atoms with Crippen molar-refractivity contribution < 1.29 is 13.2 Å². The molecule has 1 unspecified atom stereocenters. The summed E-state index contributed by atoms with van der Waals surface area (Å²) in [7, 11) is -3.80. The highest BCUT2D eigenvalue weighted by Gasteiger charge is 2.19. The number of hydrogen-bond donors (Lipinski definition) is 3. The van der Waals surface area contributed by atoms with Gasteiger partial charge in [-0.1, -0.05) is 11.6 Å². The van der Waals surface area contributed by atoms with E-state index in [1.807, 2.05) is 0 Å². The zero-order chi connectivity index (χ0) is 13.9. The van der Waals surface area contributed by atoms with Crippen LogP contribution in [-0.4, -0.2) is 25.4 Å². The van der Waals surface area contributed by atoms with E-state index in [1.54, 1.807) is 0 Å². The molecule has 0 aliphatic rings. The van der Waals surface area contributed by atoms with Crippen LogP contribution in [0.2, 0.25) is 5.02 Å². The number of nitrogens with two attached hydrogens (primary N) is 2. The molecule has 1 heterocycles. The Bertz CT molecular complexity index is 561. The Labute approximate surface area is 110 Å². The van der Waals surface area contributed by atoms with E-state index in [1.165, 1.54) is 13.0 Å². The van der Waals surface area contributed by atoms with Crippen molar-refractivity contribution >= 4 is 33.3 Å². The molecule has 100 valence electrons. The van der Waals surface area contributed by atoms with Crippen LogP contribution in [-0.2, 0) is 14.8 Å². The number of amides is 1. The Morgan fingerprint density at radius 2 is 2.22 bits per heavy atom. The molecule has 0 bridgehead atoms. The average Bonchev–Trinajstić information content (AvgIpc) is 2.19. The number of nitrogens with zero attached hydrogens (tertiary/aromatic N) is 1. The summed E-state index contributed by atoms with van der Waals surface area (Å²) in [4.78, 5) is 14.2. The maximum absolute atomic E-state index is 11.9. The lowest BCUT2D eigenvalue weighted by atomic mass is 10.2. The van der Waals surface area contributed by atoms with E-state index in [9.17, 15) is 13.2 Å². The minimum atomic E-state index is -3.80. The molecular weight excluding hydrogens is 280 g/mol. The van der Waals surface area contributed by atoms with Gasteiger partial charge in [-0.2, -0.15) is 0 Å². The fourth-order valence-corrected chi connectivity index (χ4v) is 2.70. The number of sulfonamides is 1. The van der Waals surface area contributed by atoms with E-state index in [2.05, 4.69) is 9.71 Å². The molecule has 0 spiro atoms. The molecule has 0 saturated carbocycles. The summed E-state index contributed by atoms with van der Waals surface area (Å²) in [6.45, 7) is 1.52. The number of aromatic nitrogens is 1. The van der Waals surface area contributed by atoms with Gasteiger partial charge in [-0.15, -0.1) is 0 Å². The maximum atomic E-state index is 11.9. The van der Waals surface area contributed by atoms with E-state index in [0.29, 0.717) is 0 Å². The fraction of sp³-hybridized carbons (Fsp3) is 0.333. The summed E-state index contributed by atoms with van der Waals surface area (Å²) in [5.74, 6) is -0.556. The van der Waals surface area contributed by atoms with Crippen LogP contribution in [0.15, 0.2) is 17.2 Å². The van der Waals surface area contributed by atoms with E-state index >= 15 is 0 Å². The second kappa shape index (κ2) is 5.51. The number of nitrogen functional groups attached to an aromatic ring is 1. The molecule has 9 heteroatoms. The minimum absolute atomic E-state index is 0.0421. The number of rotatable bonds is 5. The van der Waals surface area contributed by atoms with E-state index in [4.69, 9.17) is 23.1 Å². The van der Waals surface area contributed by atoms with Crippen molar-refractivity contribution in [1.82, 2.24) is 9.71 Å². The Morgan fingerprint density at radius 3 is 2.72 bits per heavy atom. The molecule has 18 heavy (non-hydrogen) atoms. The summed E-state index contributed by atoms with van der Waals surface area (Å²) in [6.07, 6.45) is 0.982. The number of nitrogens with one attached hydrogen (secondary N) is 1. The predicted octanol–water partition coefficient (Wildman–Crippen LogP) is -0.141. The van der Waals surface area contributed by atoms with Gasteiger partial charge in [0.05, 0.1) is 5.02 Å². The topological polar surface area (TPSA) is 128 Å². The zero-order valence-corrected chi connectivity index (χ0v) is 11.1. The van der Waals surface area contributed by atoms with Gasteiger partial charge in [0.15, 0.2) is 0 Å². The monoisotopic (exact) mass is 292 g/mol. The van der Waals surface area contributed by atoms with Gasteiger partial charge >= 0.3 is 0 Å². The smallest absolute Gasteiger partial charge is 0.242 e. The molecule has 1 aromatic heterocycles. The van der Waals surface area contributed by atoms with E-state index in [-0.39, 0.29) is 22.2 Å². The highest BCUT2D eigenvalue weighted by molar-refractivity contribution is 7.89. The molecule has 0 fully saturated rings. The molecule has 1 aromatic rings. The predicted molar refractivity (Wildman–Crippen MR) is 67.3 cm³/mol. The normalized spacial score (nSPS) is 13.2. The van der Waals surface area contributed by atoms with Crippen molar-refractivity contribution in [3.8, 4) is 0 Å². The van der Waals surface area contributed by atoms with Gasteiger partial charge in [-0.3, -0.25) is 4.79 Å². The summed E-state index contributed by atoms with van der Waals surface area (Å²) in [5, 5.41) is 0.0421. The first-order chi connectivity index (χ1) is 8.22. The summed E-state index contributed by atoms with van der Waals surface area (Å²) in [6, 6.07) is 0.562. The molecular formula is C9H13ClN4O3S. The Kier molecular flexibility index (Phi) is 4.49. The van der Waals surface area contributed by atoms with Gasteiger partial charge in [-0.05, 0) is 13.0 Å². The summed E-state index contributed by atoms with van der Waals surface area (Å²) >= 11 is 5.69. The van der Waals surface area contributed by atoms with Gasteiger partial charge in [0.1, 0.15) is 10.7 Å². The highest BCUT2D eigenvalue weighted by atomic mass is 35.5. The first kappa shape index (κ1) is 14.7. The van der Waals surface area contributed by atoms with Crippen LogP contribution in [0, 0.1) is 0 Å². The van der Waals surface area contributed by atoms with Crippen molar-refractivity contribution in [2.75, 3.05) is 5.73 Å². The molecule has 0 saturated heterocycles. The number of hydrogen-bond acceptors (Lipinski definition) is 5. The Morgan fingerprint density at radius 1 is 1.61 bits per heavy atom. The van der Waals surface area contributed by atoms with Gasteiger partial charge in [0.2, 0.25) is 15.9 Å². The number of primary amides is 1. The third-order valence-corrected chi connectivity index (χ3v) is 3.88. The van der Waals surface area contributed by atoms with Gasteiger partial charge in [0, 0.05) is 18.7 Å². The van der Waals surface area contributed by atoms with Crippen LogP contribution in [0.5, 0.6) is 0 Å². The fourth-order valence-electron chi connectivity index (χ4n) is 1.25. The molecule has 1 rings (SSSR count). The van der Waals surface area contributed by atoms with Crippen LogP contribution >= 0.6 is 11.6 Å². The summed E-state index contributed by atoms with van der Waals surface area (Å²) < 4.78 is 26.1. The van der Waals surface area contributed by atoms with Gasteiger partial charge in [-0.25, -0.2) is 18.1 Å². The average molecular weight is 293 g/mol. The number of pyridine rings is 1. The quantitative estimate of drug-likeness (QED) is 0.696. The van der Waals surface area contributed by atoms with Crippen molar-refractivity contribution in [2.24, 2.45) is 5.73 Å². The van der Waals surface area contributed by atoms with E-state index in [0.717, 1.165) is 6.20 Å². The number of carbonyl (C=O) groups excluding carboxylic acids is 1. The van der Waals surface area contributed by atoms with Gasteiger partial charge < -0.3 is 11.5 Å². The number of carbonyl (C=O) groups is 1. The number of anilines is 1. The lowest BCUT2D eigenvalue weighted by molar-refractivity contribution is -0.118. The largest absolute Gasteiger partial charge is 0.382 e. The highest BCUT2D eigenvalue weighted by Crippen LogP contribution is 2.19. The SMILES string of the molecule is CC(CC(N)=O)NS(=O)(=O)c1cnc(N)c(Cl)c1. The van der Waals surface area contributed by atoms with Crippen molar-refractivity contribution in [3.05, 3.63) is 17.3 Å². The molecule has 1 amide bonds. The third kappa shape index (κ3) is 3.83. The first-order valence-corrected chi connectivity index (χ1v) is 6.80. The van der Waals surface area contributed by atoms with Crippen LogP contribution < -0.4 is 16.2 Å². The van der Waals surface area contributed by atoms with Crippen LogP contribution in [0.4, 0.5) is 5.82 Å². The van der Waals surface area contributed by atoms with Crippen molar-refractivity contribution in [3.63, 3.8) is 0 Å². The Hall–Kier alpha value is -1.38. The Balaban J connectivity index is 2.92. The van der Waals surface area contributed by atoms with Crippen molar-refractivity contribution in [1.29, 1.82) is 0 Å². The lowest BCUT2D eigenvalue weighted by Gasteiger charge is -2.12. The van der Waals surface area contributed by atoms with Crippen LogP contribution in [0.3, 0.4) is 0 Å². The maximum Gasteiger partial charge on any atom is 0.242 e. The van der Waals surface area contributed by atoms with Crippen LogP contribution in [0.1, 0.15) is 13.3 Å². The third-order valence-electron chi connectivity index (χ3n) is 2.02. The molecule has 0 radical (unpaired) electrons. The minimum Gasteiger partial charge on any atom is -0.382 e. The number of halogens is 1. The molecule has 0 aliphatic carbocycles. The second-order valence-corrected chi connectivity index (χ2v) is 5.85. The van der Waals surface area contributed by atoms with Gasteiger partial charge in [0.25, 0.3) is 0 Å². The van der Waals surface area contributed by atoms with Crippen molar-refractivity contribution in [2.45, 2.75) is 24.3 Å². The summed E-state index contributed by atoms with van der Waals surface area (Å²) in [5.41, 5.74) is 10.4. The molecule has 1 atom stereocenters. The molecule has 0 aromatic carbocycles. The molecule has 7 nitrogen and oxygen atoms in total. The van der Waals surface area contributed by atoms with Crippen LogP contribution in [0.25, 0.3) is 0 Å². The lowest BCUT2D eigenvalue weighted by Crippen LogP contribution is -2.35. The standard InChI is InChI=1S/C9H13ClN4O3S/c1-5(2-8(11)15)14-18(16,17)6-3-7(10)9(12)13-4-6/h3-5,14H,2H2,1H3,(H2,11,15)(H2,12,13). The molecule has 0 aliphatic heterocycles. The first-order valence-electron chi connectivity index (χ1n) is 4.94.